The molecule has 3 unspecified atom stereocenters. The van der Waals surface area contributed by atoms with E-state index in [9.17, 15) is 9.59 Å². The van der Waals surface area contributed by atoms with Crippen molar-refractivity contribution in [1.82, 2.24) is 20.4 Å². The van der Waals surface area contributed by atoms with E-state index >= 15 is 0 Å². The zero-order chi connectivity index (χ0) is 22.8. The number of nitrogens with one attached hydrogen (secondary N) is 2. The number of nitrogens with zero attached hydrogens (tertiary/aromatic N) is 3. The number of rotatable bonds is 7. The van der Waals surface area contributed by atoms with Crippen molar-refractivity contribution in [2.75, 3.05) is 20.2 Å². The van der Waals surface area contributed by atoms with Crippen LogP contribution in [0.25, 0.3) is 0 Å². The Balaban J connectivity index is 1.07. The molecule has 8 nitrogen and oxygen atoms in total. The molecule has 0 bridgehead atoms. The third-order valence-corrected chi connectivity index (χ3v) is 7.58. The fourth-order valence-electron chi connectivity index (χ4n) is 5.66. The molecular formula is C25H35N5O3. The second-order valence-corrected chi connectivity index (χ2v) is 9.82. The summed E-state index contributed by atoms with van der Waals surface area (Å²) >= 11 is 0. The molecule has 1 aliphatic carbocycles. The van der Waals surface area contributed by atoms with E-state index < -0.39 is 0 Å². The van der Waals surface area contributed by atoms with Crippen LogP contribution >= 0.6 is 0 Å². The Morgan fingerprint density at radius 2 is 2.06 bits per heavy atom. The van der Waals surface area contributed by atoms with Gasteiger partial charge in [-0.25, -0.2) is 4.99 Å². The van der Waals surface area contributed by atoms with Crippen LogP contribution in [0, 0.1) is 5.92 Å². The summed E-state index contributed by atoms with van der Waals surface area (Å²) < 4.78 is 6.02. The van der Waals surface area contributed by atoms with Crippen LogP contribution < -0.4 is 15.4 Å². The molecule has 3 fully saturated rings. The topological polar surface area (TPSA) is 86.3 Å². The molecule has 8 heteroatoms. The summed E-state index contributed by atoms with van der Waals surface area (Å²) in [7, 11) is 1.94. The molecule has 5 rings (SSSR count). The quantitative estimate of drug-likeness (QED) is 0.620. The van der Waals surface area contributed by atoms with Gasteiger partial charge in [-0.2, -0.15) is 0 Å². The molecule has 0 radical (unpaired) electrons. The average Bonchev–Trinajstić information content (AvgIpc) is 3.20. The van der Waals surface area contributed by atoms with Crippen LogP contribution in [-0.2, 0) is 16.1 Å². The summed E-state index contributed by atoms with van der Waals surface area (Å²) in [6.07, 6.45) is 9.89. The largest absolute Gasteiger partial charge is 0.491 e. The standard InChI is InChI=1S/C25H35N5O3/c1-29(21-13-12-17-7-2-3-9-19(17)26-21)23(32)11-4-5-14-33-20-10-6-8-18-15-30-16-22(31)27-25(30)28-24(18)20/h6,8,10,17,19,21,26H,2-5,7,9,11-16H2,1H3,(H,27,28,31). The van der Waals surface area contributed by atoms with Crippen LogP contribution in [0.15, 0.2) is 23.2 Å². The van der Waals surface area contributed by atoms with Crippen LogP contribution in [0.1, 0.15) is 63.4 Å². The van der Waals surface area contributed by atoms with Crippen LogP contribution in [-0.4, -0.2) is 60.0 Å². The number of piperidine rings is 1. The van der Waals surface area contributed by atoms with Crippen molar-refractivity contribution in [2.45, 2.75) is 76.5 Å². The molecule has 0 aromatic heterocycles. The third kappa shape index (κ3) is 4.86. The monoisotopic (exact) mass is 453 g/mol. The van der Waals surface area contributed by atoms with Crippen molar-refractivity contribution < 1.29 is 14.3 Å². The fraction of sp³-hybridized carbons (Fsp3) is 0.640. The van der Waals surface area contributed by atoms with Gasteiger partial charge in [-0.15, -0.1) is 0 Å². The zero-order valence-corrected chi connectivity index (χ0v) is 19.5. The third-order valence-electron chi connectivity index (χ3n) is 7.58. The number of amides is 2. The lowest BCUT2D eigenvalue weighted by molar-refractivity contribution is -0.134. The number of ether oxygens (including phenoxy) is 1. The van der Waals surface area contributed by atoms with Gasteiger partial charge in [-0.05, 0) is 50.5 Å². The zero-order valence-electron chi connectivity index (χ0n) is 19.5. The maximum atomic E-state index is 12.7. The number of aliphatic imine (C=N–C) groups is 1. The van der Waals surface area contributed by atoms with Gasteiger partial charge < -0.3 is 14.5 Å². The van der Waals surface area contributed by atoms with E-state index in [2.05, 4.69) is 15.6 Å². The van der Waals surface area contributed by atoms with Crippen molar-refractivity contribution in [3.05, 3.63) is 23.8 Å². The SMILES string of the molecule is CN(C(=O)CCCCOc1cccc2c1N=C1NC(=O)CN1C2)C1CCC2CCCCC2N1. The highest BCUT2D eigenvalue weighted by Gasteiger charge is 2.34. The lowest BCUT2D eigenvalue weighted by Crippen LogP contribution is -2.56. The first-order valence-corrected chi connectivity index (χ1v) is 12.5. The molecule has 1 aromatic rings. The normalized spacial score (nSPS) is 26.0. The van der Waals surface area contributed by atoms with E-state index in [4.69, 9.17) is 4.74 Å². The first-order valence-electron chi connectivity index (χ1n) is 12.5. The van der Waals surface area contributed by atoms with Gasteiger partial charge in [0.2, 0.25) is 17.8 Å². The van der Waals surface area contributed by atoms with Gasteiger partial charge in [-0.3, -0.25) is 20.2 Å². The van der Waals surface area contributed by atoms with Crippen LogP contribution in [0.4, 0.5) is 5.69 Å². The van der Waals surface area contributed by atoms with E-state index in [0.717, 1.165) is 42.2 Å². The predicted octanol–water partition coefficient (Wildman–Crippen LogP) is 2.90. The Morgan fingerprint density at radius 1 is 1.18 bits per heavy atom. The number of unbranched alkanes of at least 4 members (excludes halogenated alkanes) is 1. The second-order valence-electron chi connectivity index (χ2n) is 9.82. The Hall–Kier alpha value is -2.61. The second kappa shape index (κ2) is 9.71. The number of carbonyl (C=O) groups is 2. The molecule has 178 valence electrons. The molecule has 0 spiro atoms. The van der Waals surface area contributed by atoms with E-state index in [1.807, 2.05) is 35.0 Å². The van der Waals surface area contributed by atoms with E-state index in [-0.39, 0.29) is 18.0 Å². The maximum Gasteiger partial charge on any atom is 0.246 e. The molecule has 1 aromatic carbocycles. The van der Waals surface area contributed by atoms with Crippen molar-refractivity contribution in [3.8, 4) is 5.75 Å². The average molecular weight is 454 g/mol. The van der Waals surface area contributed by atoms with Crippen LogP contribution in [0.3, 0.4) is 0 Å². The summed E-state index contributed by atoms with van der Waals surface area (Å²) in [6, 6.07) is 6.49. The molecule has 3 atom stereocenters. The summed E-state index contributed by atoms with van der Waals surface area (Å²) in [4.78, 5) is 32.9. The Morgan fingerprint density at radius 3 is 2.97 bits per heavy atom. The molecular weight excluding hydrogens is 418 g/mol. The van der Waals surface area contributed by atoms with Crippen molar-refractivity contribution in [1.29, 1.82) is 0 Å². The molecule has 4 aliphatic rings. The van der Waals surface area contributed by atoms with Crippen molar-refractivity contribution >= 4 is 23.5 Å². The maximum absolute atomic E-state index is 12.7. The predicted molar refractivity (Wildman–Crippen MR) is 126 cm³/mol. The lowest BCUT2D eigenvalue weighted by atomic mass is 9.78. The Bertz CT molecular complexity index is 933. The van der Waals surface area contributed by atoms with Crippen molar-refractivity contribution in [2.24, 2.45) is 10.9 Å². The number of guanidine groups is 1. The first kappa shape index (κ1) is 22.2. The minimum atomic E-state index is -0.0272. The van der Waals surface area contributed by atoms with Crippen LogP contribution in [0.2, 0.25) is 0 Å². The molecule has 33 heavy (non-hydrogen) atoms. The van der Waals surface area contributed by atoms with Gasteiger partial charge in [0.15, 0.2) is 0 Å². The highest BCUT2D eigenvalue weighted by Crippen LogP contribution is 2.36. The lowest BCUT2D eigenvalue weighted by Gasteiger charge is -2.43. The van der Waals surface area contributed by atoms with Gasteiger partial charge in [0.1, 0.15) is 18.0 Å². The van der Waals surface area contributed by atoms with E-state index in [1.54, 1.807) is 0 Å². The Kier molecular flexibility index (Phi) is 6.53. The van der Waals surface area contributed by atoms with Gasteiger partial charge in [0, 0.05) is 31.6 Å². The van der Waals surface area contributed by atoms with Gasteiger partial charge in [0.05, 0.1) is 12.8 Å². The summed E-state index contributed by atoms with van der Waals surface area (Å²) in [5.74, 6) is 2.33. The molecule has 3 heterocycles. The highest BCUT2D eigenvalue weighted by atomic mass is 16.5. The highest BCUT2D eigenvalue weighted by molar-refractivity contribution is 6.06. The Labute approximate surface area is 195 Å². The number of fused-ring (bicyclic) bond motifs is 3. The van der Waals surface area contributed by atoms with E-state index in [0.29, 0.717) is 38.1 Å². The number of carbonyl (C=O) groups excluding carboxylic acids is 2. The van der Waals surface area contributed by atoms with Gasteiger partial charge >= 0.3 is 0 Å². The minimum absolute atomic E-state index is 0.0272. The smallest absolute Gasteiger partial charge is 0.246 e. The van der Waals surface area contributed by atoms with Crippen molar-refractivity contribution in [3.63, 3.8) is 0 Å². The van der Waals surface area contributed by atoms with Gasteiger partial charge in [0.25, 0.3) is 0 Å². The number of benzene rings is 1. The number of hydrogen-bond acceptors (Lipinski definition) is 6. The summed E-state index contributed by atoms with van der Waals surface area (Å²) in [5, 5.41) is 6.54. The fourth-order valence-corrected chi connectivity index (χ4v) is 5.66. The van der Waals surface area contributed by atoms with E-state index in [1.165, 1.54) is 32.1 Å². The molecule has 2 saturated heterocycles. The van der Waals surface area contributed by atoms with Gasteiger partial charge in [-0.1, -0.05) is 25.0 Å². The molecule has 1 saturated carbocycles. The molecule has 2 N–H and O–H groups in total. The first-order chi connectivity index (χ1) is 16.1. The molecule has 3 aliphatic heterocycles. The summed E-state index contributed by atoms with van der Waals surface area (Å²) in [5.41, 5.74) is 1.86. The van der Waals surface area contributed by atoms with Crippen LogP contribution in [0.5, 0.6) is 5.75 Å². The number of hydrogen-bond donors (Lipinski definition) is 2. The number of para-hydroxylation sites is 1. The minimum Gasteiger partial charge on any atom is -0.491 e. The summed E-state index contributed by atoms with van der Waals surface area (Å²) in [6.45, 7) is 1.55. The molecule has 2 amide bonds.